The van der Waals surface area contributed by atoms with E-state index in [1.807, 2.05) is 55.6 Å². The molecule has 1 heterocycles. The summed E-state index contributed by atoms with van der Waals surface area (Å²) in [4.78, 5) is 0.299. The summed E-state index contributed by atoms with van der Waals surface area (Å²) in [5.74, 6) is 0. The van der Waals surface area contributed by atoms with Gasteiger partial charge in [0, 0.05) is 7.05 Å². The van der Waals surface area contributed by atoms with E-state index in [9.17, 15) is 8.42 Å². The van der Waals surface area contributed by atoms with Crippen LogP contribution in [0.15, 0.2) is 64.2 Å². The van der Waals surface area contributed by atoms with Crippen LogP contribution in [0.25, 0.3) is 11.1 Å². The van der Waals surface area contributed by atoms with E-state index in [0.29, 0.717) is 10.6 Å². The smallest absolute Gasteiger partial charge is 0.264 e. The Hall–Kier alpha value is -2.11. The molecule has 0 unspecified atom stereocenters. The molecule has 0 amide bonds. The molecule has 24 heavy (non-hydrogen) atoms. The molecule has 3 rings (SSSR count). The van der Waals surface area contributed by atoms with Crippen LogP contribution in [0.3, 0.4) is 0 Å². The zero-order valence-corrected chi connectivity index (χ0v) is 15.5. The van der Waals surface area contributed by atoms with Gasteiger partial charge in [0.05, 0.1) is 10.6 Å². The molecule has 3 nitrogen and oxygen atoms in total. The Bertz CT molecular complexity index is 944. The summed E-state index contributed by atoms with van der Waals surface area (Å²) < 4.78 is 27.0. The normalized spacial score (nSPS) is 11.5. The van der Waals surface area contributed by atoms with Crippen molar-refractivity contribution in [1.82, 2.24) is 0 Å². The number of benzene rings is 2. The van der Waals surface area contributed by atoms with Gasteiger partial charge in [-0.3, -0.25) is 4.31 Å². The number of aryl methyl sites for hydroxylation is 2. The van der Waals surface area contributed by atoms with Crippen molar-refractivity contribution in [2.75, 3.05) is 11.4 Å². The third kappa shape index (κ3) is 3.09. The molecule has 1 aromatic heterocycles. The molecule has 0 bridgehead atoms. The predicted molar refractivity (Wildman–Crippen MR) is 101 cm³/mol. The lowest BCUT2D eigenvalue weighted by molar-refractivity contribution is 0.594. The first-order valence-electron chi connectivity index (χ1n) is 7.58. The molecule has 0 atom stereocenters. The summed E-state index contributed by atoms with van der Waals surface area (Å²) in [6, 6.07) is 14.7. The van der Waals surface area contributed by atoms with Gasteiger partial charge in [-0.1, -0.05) is 23.8 Å². The van der Waals surface area contributed by atoms with Gasteiger partial charge in [0.25, 0.3) is 10.0 Å². The lowest BCUT2D eigenvalue weighted by Gasteiger charge is -2.21. The Morgan fingerprint density at radius 2 is 1.67 bits per heavy atom. The van der Waals surface area contributed by atoms with E-state index in [1.54, 1.807) is 30.5 Å². The number of rotatable bonds is 4. The molecule has 0 saturated carbocycles. The highest BCUT2D eigenvalue weighted by Gasteiger charge is 2.21. The first kappa shape index (κ1) is 16.7. The minimum absolute atomic E-state index is 0.299. The van der Waals surface area contributed by atoms with Crippen molar-refractivity contribution in [3.63, 3.8) is 0 Å². The number of hydrogen-bond acceptors (Lipinski definition) is 3. The van der Waals surface area contributed by atoms with Gasteiger partial charge in [-0.15, -0.1) is 0 Å². The van der Waals surface area contributed by atoms with Gasteiger partial charge in [-0.25, -0.2) is 8.42 Å². The van der Waals surface area contributed by atoms with Gasteiger partial charge in [-0.05, 0) is 71.6 Å². The predicted octanol–water partition coefficient (Wildman–Crippen LogP) is 4.86. The average Bonchev–Trinajstić information content (AvgIpc) is 3.09. The minimum Gasteiger partial charge on any atom is -0.269 e. The van der Waals surface area contributed by atoms with E-state index < -0.39 is 10.0 Å². The topological polar surface area (TPSA) is 37.4 Å². The zero-order chi connectivity index (χ0) is 17.3. The standard InChI is InChI=1S/C19H19NO2S2/c1-14-4-8-18(9-5-14)24(21,22)20(3)17-7-6-15(2)19(12-17)16-10-11-23-13-16/h4-13H,1-3H3. The summed E-state index contributed by atoms with van der Waals surface area (Å²) in [5, 5.41) is 4.09. The third-order valence-corrected chi connectivity index (χ3v) is 6.58. The van der Waals surface area contributed by atoms with Crippen LogP contribution in [0.5, 0.6) is 0 Å². The van der Waals surface area contributed by atoms with Crippen LogP contribution < -0.4 is 4.31 Å². The van der Waals surface area contributed by atoms with Gasteiger partial charge >= 0.3 is 0 Å². The lowest BCUT2D eigenvalue weighted by atomic mass is 10.0. The van der Waals surface area contributed by atoms with Crippen molar-refractivity contribution < 1.29 is 8.42 Å². The summed E-state index contributed by atoms with van der Waals surface area (Å²) in [7, 11) is -1.98. The SMILES string of the molecule is Cc1ccc(S(=O)(=O)N(C)c2ccc(C)c(-c3ccsc3)c2)cc1. The molecule has 3 aromatic rings. The van der Waals surface area contributed by atoms with Gasteiger partial charge < -0.3 is 0 Å². The zero-order valence-electron chi connectivity index (χ0n) is 13.9. The van der Waals surface area contributed by atoms with E-state index in [2.05, 4.69) is 5.38 Å². The first-order valence-corrected chi connectivity index (χ1v) is 9.97. The van der Waals surface area contributed by atoms with Gasteiger partial charge in [0.1, 0.15) is 0 Å². The quantitative estimate of drug-likeness (QED) is 0.669. The van der Waals surface area contributed by atoms with Gasteiger partial charge in [0.2, 0.25) is 0 Å². The van der Waals surface area contributed by atoms with Crippen molar-refractivity contribution in [3.8, 4) is 11.1 Å². The fraction of sp³-hybridized carbons (Fsp3) is 0.158. The van der Waals surface area contributed by atoms with Crippen LogP contribution in [0.2, 0.25) is 0 Å². The molecule has 0 aliphatic rings. The van der Waals surface area contributed by atoms with Crippen LogP contribution in [-0.4, -0.2) is 15.5 Å². The molecule has 5 heteroatoms. The van der Waals surface area contributed by atoms with E-state index in [4.69, 9.17) is 0 Å². The third-order valence-electron chi connectivity index (χ3n) is 4.10. The summed E-state index contributed by atoms with van der Waals surface area (Å²) in [6.07, 6.45) is 0. The minimum atomic E-state index is -3.57. The lowest BCUT2D eigenvalue weighted by Crippen LogP contribution is -2.26. The molecule has 0 saturated heterocycles. The molecule has 0 aliphatic carbocycles. The Kier molecular flexibility index (Phi) is 4.47. The summed E-state index contributed by atoms with van der Waals surface area (Å²) in [6.45, 7) is 3.97. The number of thiophene rings is 1. The highest BCUT2D eigenvalue weighted by atomic mass is 32.2. The van der Waals surface area contributed by atoms with Crippen molar-refractivity contribution >= 4 is 27.0 Å². The fourth-order valence-electron chi connectivity index (χ4n) is 2.54. The number of nitrogens with zero attached hydrogens (tertiary/aromatic N) is 1. The maximum atomic E-state index is 12.9. The highest BCUT2D eigenvalue weighted by molar-refractivity contribution is 7.92. The second-order valence-electron chi connectivity index (χ2n) is 5.80. The molecule has 0 N–H and O–H groups in total. The Morgan fingerprint density at radius 1 is 0.958 bits per heavy atom. The average molecular weight is 358 g/mol. The summed E-state index contributed by atoms with van der Waals surface area (Å²) in [5.41, 5.74) is 4.98. The maximum Gasteiger partial charge on any atom is 0.264 e. The second kappa shape index (κ2) is 6.42. The van der Waals surface area contributed by atoms with Crippen LogP contribution in [0.1, 0.15) is 11.1 Å². The summed E-state index contributed by atoms with van der Waals surface area (Å²) >= 11 is 1.63. The monoisotopic (exact) mass is 357 g/mol. The molecule has 2 aromatic carbocycles. The maximum absolute atomic E-state index is 12.9. The van der Waals surface area contributed by atoms with Crippen molar-refractivity contribution in [3.05, 3.63) is 70.4 Å². The molecule has 124 valence electrons. The Labute approximate surface area is 147 Å². The number of sulfonamides is 1. The van der Waals surface area contributed by atoms with Crippen molar-refractivity contribution in [1.29, 1.82) is 0 Å². The fourth-order valence-corrected chi connectivity index (χ4v) is 4.38. The van der Waals surface area contributed by atoms with Crippen LogP contribution in [0, 0.1) is 13.8 Å². The molecule has 0 aliphatic heterocycles. The van der Waals surface area contributed by atoms with Crippen LogP contribution in [-0.2, 0) is 10.0 Å². The molecule has 0 spiro atoms. The van der Waals surface area contributed by atoms with E-state index >= 15 is 0 Å². The Morgan fingerprint density at radius 3 is 2.29 bits per heavy atom. The molecule has 0 radical (unpaired) electrons. The van der Waals surface area contributed by atoms with Crippen LogP contribution >= 0.6 is 11.3 Å². The second-order valence-corrected chi connectivity index (χ2v) is 8.55. The van der Waals surface area contributed by atoms with Gasteiger partial charge in [0.15, 0.2) is 0 Å². The van der Waals surface area contributed by atoms with E-state index in [0.717, 1.165) is 22.3 Å². The van der Waals surface area contributed by atoms with Crippen LogP contribution in [0.4, 0.5) is 5.69 Å². The molecule has 0 fully saturated rings. The van der Waals surface area contributed by atoms with E-state index in [1.165, 1.54) is 4.31 Å². The highest BCUT2D eigenvalue weighted by Crippen LogP contribution is 2.31. The first-order chi connectivity index (χ1) is 11.4. The molecular weight excluding hydrogens is 338 g/mol. The largest absolute Gasteiger partial charge is 0.269 e. The molecular formula is C19H19NO2S2. The number of hydrogen-bond donors (Lipinski definition) is 0. The van der Waals surface area contributed by atoms with Gasteiger partial charge in [-0.2, -0.15) is 11.3 Å². The van der Waals surface area contributed by atoms with Crippen molar-refractivity contribution in [2.24, 2.45) is 0 Å². The number of anilines is 1. The van der Waals surface area contributed by atoms with E-state index in [-0.39, 0.29) is 0 Å². The van der Waals surface area contributed by atoms with Crippen molar-refractivity contribution in [2.45, 2.75) is 18.7 Å². The Balaban J connectivity index is 2.02.